The number of benzene rings is 1. The highest BCUT2D eigenvalue weighted by molar-refractivity contribution is 6.04. The monoisotopic (exact) mass is 474 g/mol. The number of alkyl halides is 3. The first-order valence-corrected chi connectivity index (χ1v) is 10.8. The number of morpholine rings is 1. The smallest absolute Gasteiger partial charge is 0.378 e. The predicted octanol–water partition coefficient (Wildman–Crippen LogP) is 3.48. The fraction of sp³-hybridized carbons (Fsp3) is 0.333. The molecule has 1 fully saturated rings. The largest absolute Gasteiger partial charge is 0.416 e. The Balaban J connectivity index is 1.61. The lowest BCUT2D eigenvalue weighted by Gasteiger charge is -2.38. The van der Waals surface area contributed by atoms with Crippen molar-refractivity contribution in [1.82, 2.24) is 14.8 Å². The number of carbonyl (C=O) groups is 1. The first-order valence-electron chi connectivity index (χ1n) is 10.8. The first kappa shape index (κ1) is 23.8. The van der Waals surface area contributed by atoms with Crippen LogP contribution in [0.25, 0.3) is 5.57 Å². The molecule has 10 heteroatoms. The van der Waals surface area contributed by atoms with Gasteiger partial charge in [0.15, 0.2) is 6.23 Å². The van der Waals surface area contributed by atoms with Crippen LogP contribution in [0.5, 0.6) is 0 Å². The first-order chi connectivity index (χ1) is 16.1. The molecule has 7 nitrogen and oxygen atoms in total. The van der Waals surface area contributed by atoms with E-state index in [9.17, 15) is 23.1 Å². The van der Waals surface area contributed by atoms with Gasteiger partial charge < -0.3 is 25.0 Å². The van der Waals surface area contributed by atoms with Crippen molar-refractivity contribution in [2.75, 3.05) is 38.7 Å². The molecule has 2 N–H and O–H groups in total. The molecule has 34 heavy (non-hydrogen) atoms. The second-order valence-electron chi connectivity index (χ2n) is 8.18. The van der Waals surface area contributed by atoms with Gasteiger partial charge in [-0.1, -0.05) is 6.07 Å². The van der Waals surface area contributed by atoms with E-state index in [-0.39, 0.29) is 11.3 Å². The SMILES string of the molecule is Cc1ncc(C(=O)Nc2cccc(C(F)(F)F)c2)cc1C1=CN(C)C(O)C(N2CCOCC2)=C1. The Morgan fingerprint density at radius 2 is 1.97 bits per heavy atom. The molecular weight excluding hydrogens is 449 g/mol. The van der Waals surface area contributed by atoms with Crippen LogP contribution in [-0.4, -0.2) is 65.4 Å². The van der Waals surface area contributed by atoms with Crippen LogP contribution < -0.4 is 5.32 Å². The third-order valence-electron chi connectivity index (χ3n) is 5.78. The number of halogens is 3. The van der Waals surface area contributed by atoms with E-state index in [4.69, 9.17) is 4.74 Å². The van der Waals surface area contributed by atoms with Crippen molar-refractivity contribution in [2.45, 2.75) is 19.3 Å². The zero-order chi connectivity index (χ0) is 24.5. The van der Waals surface area contributed by atoms with Gasteiger partial charge in [0, 0.05) is 55.1 Å². The van der Waals surface area contributed by atoms with Gasteiger partial charge in [-0.25, -0.2) is 0 Å². The van der Waals surface area contributed by atoms with Crippen molar-refractivity contribution < 1.29 is 27.8 Å². The molecule has 4 rings (SSSR count). The molecule has 3 heterocycles. The van der Waals surface area contributed by atoms with Gasteiger partial charge in [0.05, 0.1) is 30.0 Å². The van der Waals surface area contributed by atoms with Gasteiger partial charge in [0.25, 0.3) is 5.91 Å². The number of aliphatic hydroxyl groups is 1. The van der Waals surface area contributed by atoms with Crippen molar-refractivity contribution in [2.24, 2.45) is 0 Å². The van der Waals surface area contributed by atoms with Crippen LogP contribution >= 0.6 is 0 Å². The Kier molecular flexibility index (Phi) is 6.63. The Morgan fingerprint density at radius 1 is 1.24 bits per heavy atom. The molecule has 0 saturated carbocycles. The highest BCUT2D eigenvalue weighted by Crippen LogP contribution is 2.32. The summed E-state index contributed by atoms with van der Waals surface area (Å²) in [7, 11) is 1.76. The third-order valence-corrected chi connectivity index (χ3v) is 5.78. The molecule has 2 aliphatic heterocycles. The number of hydrogen-bond acceptors (Lipinski definition) is 6. The number of ether oxygens (including phenoxy) is 1. The molecule has 0 bridgehead atoms. The molecule has 0 aliphatic carbocycles. The number of nitrogens with one attached hydrogen (secondary N) is 1. The Labute approximate surface area is 195 Å². The maximum absolute atomic E-state index is 13.0. The van der Waals surface area contributed by atoms with E-state index >= 15 is 0 Å². The summed E-state index contributed by atoms with van der Waals surface area (Å²) in [6.07, 6.45) is -0.297. The van der Waals surface area contributed by atoms with Gasteiger partial charge in [0.2, 0.25) is 0 Å². The van der Waals surface area contributed by atoms with Gasteiger partial charge in [-0.15, -0.1) is 0 Å². The van der Waals surface area contributed by atoms with Crippen molar-refractivity contribution in [3.63, 3.8) is 0 Å². The van der Waals surface area contributed by atoms with E-state index in [2.05, 4.69) is 15.2 Å². The molecule has 2 aromatic rings. The quantitative estimate of drug-likeness (QED) is 0.707. The lowest BCUT2D eigenvalue weighted by Crippen LogP contribution is -2.44. The molecule has 0 radical (unpaired) electrons. The summed E-state index contributed by atoms with van der Waals surface area (Å²) < 4.78 is 44.4. The number of hydrogen-bond donors (Lipinski definition) is 2. The molecule has 1 unspecified atom stereocenters. The second-order valence-corrected chi connectivity index (χ2v) is 8.18. The number of rotatable bonds is 4. The Bertz CT molecular complexity index is 1140. The second kappa shape index (κ2) is 9.47. The van der Waals surface area contributed by atoms with E-state index < -0.39 is 23.9 Å². The minimum absolute atomic E-state index is 0.0381. The summed E-state index contributed by atoms with van der Waals surface area (Å²) in [5.41, 5.74) is 2.23. The lowest BCUT2D eigenvalue weighted by atomic mass is 9.99. The number of amides is 1. The van der Waals surface area contributed by atoms with Gasteiger partial charge in [-0.2, -0.15) is 13.2 Å². The van der Waals surface area contributed by atoms with Crippen molar-refractivity contribution in [1.29, 1.82) is 0 Å². The molecule has 0 spiro atoms. The van der Waals surface area contributed by atoms with E-state index in [0.717, 1.165) is 23.4 Å². The summed E-state index contributed by atoms with van der Waals surface area (Å²) in [6.45, 7) is 4.25. The molecule has 2 aliphatic rings. The van der Waals surface area contributed by atoms with Gasteiger partial charge in [0.1, 0.15) is 0 Å². The molecule has 1 aromatic heterocycles. The number of anilines is 1. The minimum Gasteiger partial charge on any atom is -0.378 e. The van der Waals surface area contributed by atoms with E-state index in [1.165, 1.54) is 18.3 Å². The molecule has 1 saturated heterocycles. The number of allylic oxidation sites excluding steroid dienone is 2. The fourth-order valence-electron chi connectivity index (χ4n) is 3.92. The maximum Gasteiger partial charge on any atom is 0.416 e. The summed E-state index contributed by atoms with van der Waals surface area (Å²) >= 11 is 0. The molecule has 1 atom stereocenters. The number of aliphatic hydroxyl groups excluding tert-OH is 1. The number of pyridine rings is 1. The standard InChI is InChI=1S/C24H25F3N4O3/c1-15-20(17-11-21(23(33)30(2)14-17)31-6-8-34-9-7-31)10-16(13-28-15)22(32)29-19-5-3-4-18(12-19)24(25,26)27/h3-5,10-14,23,33H,6-9H2,1-2H3,(H,29,32). The van der Waals surface area contributed by atoms with Crippen molar-refractivity contribution in [3.05, 3.63) is 76.9 Å². The normalized spacial score (nSPS) is 18.9. The van der Waals surface area contributed by atoms with E-state index in [1.54, 1.807) is 31.1 Å². The summed E-state index contributed by atoms with van der Waals surface area (Å²) in [4.78, 5) is 20.9. The number of carbonyl (C=O) groups excluding carboxylic acids is 1. The zero-order valence-electron chi connectivity index (χ0n) is 18.8. The summed E-state index contributed by atoms with van der Waals surface area (Å²) in [6, 6.07) is 6.12. The average Bonchev–Trinajstić information content (AvgIpc) is 2.81. The molecular formula is C24H25F3N4O3. The van der Waals surface area contributed by atoms with Crippen LogP contribution in [0.4, 0.5) is 18.9 Å². The highest BCUT2D eigenvalue weighted by Gasteiger charge is 2.31. The van der Waals surface area contributed by atoms with Crippen LogP contribution in [0.3, 0.4) is 0 Å². The van der Waals surface area contributed by atoms with Crippen LogP contribution in [0.1, 0.15) is 27.2 Å². The summed E-state index contributed by atoms with van der Waals surface area (Å²) in [5.74, 6) is -0.574. The zero-order valence-corrected chi connectivity index (χ0v) is 18.8. The number of aromatic nitrogens is 1. The topological polar surface area (TPSA) is 77.9 Å². The number of aryl methyl sites for hydroxylation is 1. The van der Waals surface area contributed by atoms with E-state index in [0.29, 0.717) is 37.6 Å². The maximum atomic E-state index is 13.0. The number of likely N-dealkylation sites (N-methyl/N-ethyl adjacent to an activating group) is 1. The van der Waals surface area contributed by atoms with Gasteiger partial charge in [-0.3, -0.25) is 9.78 Å². The molecule has 1 amide bonds. The Hall–Kier alpha value is -3.37. The lowest BCUT2D eigenvalue weighted by molar-refractivity contribution is -0.137. The van der Waals surface area contributed by atoms with Crippen LogP contribution in [-0.2, 0) is 10.9 Å². The van der Waals surface area contributed by atoms with Crippen molar-refractivity contribution >= 4 is 17.2 Å². The van der Waals surface area contributed by atoms with Crippen LogP contribution in [0.2, 0.25) is 0 Å². The van der Waals surface area contributed by atoms with Gasteiger partial charge in [-0.05, 0) is 37.3 Å². The van der Waals surface area contributed by atoms with Crippen LogP contribution in [0.15, 0.2) is 54.5 Å². The van der Waals surface area contributed by atoms with Crippen molar-refractivity contribution in [3.8, 4) is 0 Å². The molecule has 180 valence electrons. The average molecular weight is 474 g/mol. The van der Waals surface area contributed by atoms with Gasteiger partial charge >= 0.3 is 6.18 Å². The van der Waals surface area contributed by atoms with E-state index in [1.807, 2.05) is 6.08 Å². The number of nitrogens with zero attached hydrogens (tertiary/aromatic N) is 3. The predicted molar refractivity (Wildman–Crippen MR) is 121 cm³/mol. The van der Waals surface area contributed by atoms with Crippen LogP contribution in [0, 0.1) is 6.92 Å². The highest BCUT2D eigenvalue weighted by atomic mass is 19.4. The summed E-state index contributed by atoms with van der Waals surface area (Å²) in [5, 5.41) is 13.2. The fourth-order valence-corrected chi connectivity index (χ4v) is 3.92. The third kappa shape index (κ3) is 5.07. The molecule has 1 aromatic carbocycles. The minimum atomic E-state index is -4.51. The Morgan fingerprint density at radius 3 is 2.68 bits per heavy atom.